The molecule has 21 heavy (non-hydrogen) atoms. The molecule has 0 radical (unpaired) electrons. The van der Waals surface area contributed by atoms with Gasteiger partial charge >= 0.3 is 0 Å². The highest BCUT2D eigenvalue weighted by Gasteiger charge is 2.11. The highest BCUT2D eigenvalue weighted by molar-refractivity contribution is 5.36. The predicted octanol–water partition coefficient (Wildman–Crippen LogP) is 3.39. The molecular formula is C16H20FN3O. The Hall–Kier alpha value is -2.01. The number of halogens is 1. The molecule has 5 heteroatoms. The Morgan fingerprint density at radius 3 is 2.81 bits per heavy atom. The molecule has 0 saturated heterocycles. The lowest BCUT2D eigenvalue weighted by molar-refractivity contribution is 0.441. The number of nitrogens with one attached hydrogen (secondary N) is 1. The molecule has 2 aromatic rings. The van der Waals surface area contributed by atoms with Crippen molar-refractivity contribution >= 4 is 0 Å². The van der Waals surface area contributed by atoms with Crippen molar-refractivity contribution in [3.63, 3.8) is 0 Å². The predicted molar refractivity (Wildman–Crippen MR) is 80.0 cm³/mol. The fourth-order valence-corrected chi connectivity index (χ4v) is 1.99. The van der Waals surface area contributed by atoms with Gasteiger partial charge in [-0.15, -0.1) is 0 Å². The summed E-state index contributed by atoms with van der Waals surface area (Å²) in [5, 5.41) is 3.15. The maximum Gasteiger partial charge on any atom is 0.224 e. The number of pyridine rings is 2. The van der Waals surface area contributed by atoms with Crippen molar-refractivity contribution in [2.75, 3.05) is 6.54 Å². The summed E-state index contributed by atoms with van der Waals surface area (Å²) in [4.78, 5) is 8.51. The molecule has 2 heterocycles. The molecule has 0 aliphatic carbocycles. The second-order valence-electron chi connectivity index (χ2n) is 4.75. The second-order valence-corrected chi connectivity index (χ2v) is 4.75. The van der Waals surface area contributed by atoms with Crippen molar-refractivity contribution in [2.24, 2.45) is 0 Å². The van der Waals surface area contributed by atoms with Gasteiger partial charge in [-0.2, -0.15) is 0 Å². The van der Waals surface area contributed by atoms with Gasteiger partial charge in [-0.25, -0.2) is 9.37 Å². The first-order valence-corrected chi connectivity index (χ1v) is 7.13. The van der Waals surface area contributed by atoms with E-state index in [1.54, 1.807) is 0 Å². The Labute approximate surface area is 124 Å². The molecule has 4 nitrogen and oxygen atoms in total. The molecule has 1 N–H and O–H groups in total. The minimum atomic E-state index is -0.368. The zero-order chi connectivity index (χ0) is 15.2. The van der Waals surface area contributed by atoms with Crippen molar-refractivity contribution in [1.82, 2.24) is 15.3 Å². The zero-order valence-corrected chi connectivity index (χ0v) is 12.6. The van der Waals surface area contributed by atoms with Crippen molar-refractivity contribution in [3.05, 3.63) is 47.2 Å². The third-order valence-electron chi connectivity index (χ3n) is 3.07. The minimum Gasteiger partial charge on any atom is -0.437 e. The normalized spacial score (nSPS) is 10.7. The summed E-state index contributed by atoms with van der Waals surface area (Å²) in [5.41, 5.74) is 2.51. The van der Waals surface area contributed by atoms with Gasteiger partial charge in [0, 0.05) is 17.8 Å². The van der Waals surface area contributed by atoms with Crippen LogP contribution in [0, 0.1) is 12.7 Å². The van der Waals surface area contributed by atoms with Gasteiger partial charge in [-0.05, 0) is 38.1 Å². The van der Waals surface area contributed by atoms with Gasteiger partial charge in [0.25, 0.3) is 0 Å². The summed E-state index contributed by atoms with van der Waals surface area (Å²) in [6.07, 6.45) is 1.93. The average Bonchev–Trinajstić information content (AvgIpc) is 2.48. The lowest BCUT2D eigenvalue weighted by atomic mass is 10.2. The molecule has 0 saturated carbocycles. The number of aryl methyl sites for hydroxylation is 2. The molecule has 0 unspecified atom stereocenters. The molecule has 0 aliphatic heterocycles. The van der Waals surface area contributed by atoms with E-state index < -0.39 is 0 Å². The second kappa shape index (κ2) is 7.13. The largest absolute Gasteiger partial charge is 0.437 e. The Bertz CT molecular complexity index is 616. The molecule has 0 bridgehead atoms. The molecule has 0 aromatic carbocycles. The van der Waals surface area contributed by atoms with E-state index in [1.165, 1.54) is 6.07 Å². The first kappa shape index (κ1) is 15.4. The average molecular weight is 289 g/mol. The zero-order valence-electron chi connectivity index (χ0n) is 12.6. The van der Waals surface area contributed by atoms with Crippen LogP contribution >= 0.6 is 0 Å². The highest BCUT2D eigenvalue weighted by atomic mass is 19.1. The third kappa shape index (κ3) is 3.98. The fraction of sp³-hybridized carbons (Fsp3) is 0.375. The molecule has 0 aliphatic rings. The lowest BCUT2D eigenvalue weighted by Crippen LogP contribution is -2.13. The summed E-state index contributed by atoms with van der Waals surface area (Å²) < 4.78 is 19.2. The van der Waals surface area contributed by atoms with Crippen molar-refractivity contribution in [3.8, 4) is 11.6 Å². The van der Waals surface area contributed by atoms with Crippen LogP contribution < -0.4 is 10.1 Å². The van der Waals surface area contributed by atoms with Gasteiger partial charge in [-0.1, -0.05) is 13.8 Å². The van der Waals surface area contributed by atoms with Gasteiger partial charge in [0.2, 0.25) is 5.88 Å². The SMILES string of the molecule is CCNCc1cc(F)cnc1Oc1ccc(C)nc1CC. The Balaban J connectivity index is 2.30. The van der Waals surface area contributed by atoms with Crippen LogP contribution in [0.1, 0.15) is 30.8 Å². The highest BCUT2D eigenvalue weighted by Crippen LogP contribution is 2.26. The van der Waals surface area contributed by atoms with Crippen LogP contribution in [0.25, 0.3) is 0 Å². The van der Waals surface area contributed by atoms with E-state index in [9.17, 15) is 4.39 Å². The van der Waals surface area contributed by atoms with Crippen LogP contribution in [-0.2, 0) is 13.0 Å². The van der Waals surface area contributed by atoms with E-state index in [-0.39, 0.29) is 5.82 Å². The number of rotatable bonds is 6. The Morgan fingerprint density at radius 1 is 1.29 bits per heavy atom. The van der Waals surface area contributed by atoms with E-state index >= 15 is 0 Å². The molecule has 2 rings (SSSR count). The third-order valence-corrected chi connectivity index (χ3v) is 3.07. The Kier molecular flexibility index (Phi) is 5.22. The number of ether oxygens (including phenoxy) is 1. The lowest BCUT2D eigenvalue weighted by Gasteiger charge is -2.13. The van der Waals surface area contributed by atoms with Gasteiger partial charge < -0.3 is 10.1 Å². The molecule has 2 aromatic heterocycles. The molecule has 0 atom stereocenters. The van der Waals surface area contributed by atoms with Crippen LogP contribution in [-0.4, -0.2) is 16.5 Å². The number of hydrogen-bond donors (Lipinski definition) is 1. The molecule has 0 spiro atoms. The van der Waals surface area contributed by atoms with Gasteiger partial charge in [0.1, 0.15) is 5.82 Å². The topological polar surface area (TPSA) is 47.0 Å². The van der Waals surface area contributed by atoms with E-state index in [0.717, 1.165) is 30.6 Å². The van der Waals surface area contributed by atoms with Crippen molar-refractivity contribution in [1.29, 1.82) is 0 Å². The van der Waals surface area contributed by atoms with E-state index in [0.29, 0.717) is 23.7 Å². The van der Waals surface area contributed by atoms with Crippen LogP contribution in [0.4, 0.5) is 4.39 Å². The summed E-state index contributed by atoms with van der Waals surface area (Å²) in [6, 6.07) is 5.21. The monoisotopic (exact) mass is 289 g/mol. The molecule has 0 fully saturated rings. The summed E-state index contributed by atoms with van der Waals surface area (Å²) in [6.45, 7) is 7.26. The van der Waals surface area contributed by atoms with Gasteiger partial charge in [0.15, 0.2) is 5.75 Å². The quantitative estimate of drug-likeness (QED) is 0.885. The summed E-state index contributed by atoms with van der Waals surface area (Å²) >= 11 is 0. The minimum absolute atomic E-state index is 0.368. The maximum absolute atomic E-state index is 13.4. The number of nitrogens with zero attached hydrogens (tertiary/aromatic N) is 2. The van der Waals surface area contributed by atoms with Crippen LogP contribution in [0.2, 0.25) is 0 Å². The number of hydrogen-bond acceptors (Lipinski definition) is 4. The first-order chi connectivity index (χ1) is 10.1. The summed E-state index contributed by atoms with van der Waals surface area (Å²) in [7, 11) is 0. The van der Waals surface area contributed by atoms with Crippen LogP contribution in [0.5, 0.6) is 11.6 Å². The van der Waals surface area contributed by atoms with Gasteiger partial charge in [-0.3, -0.25) is 4.98 Å². The standard InChI is InChI=1S/C16H20FN3O/c1-4-14-15(7-6-11(3)20-14)21-16-12(9-18-5-2)8-13(17)10-19-16/h6-8,10,18H,4-5,9H2,1-3H3. The summed E-state index contributed by atoms with van der Waals surface area (Å²) in [5.74, 6) is 0.714. The molecular weight excluding hydrogens is 269 g/mol. The van der Waals surface area contributed by atoms with Gasteiger partial charge in [0.05, 0.1) is 11.9 Å². The van der Waals surface area contributed by atoms with Crippen molar-refractivity contribution < 1.29 is 9.13 Å². The first-order valence-electron chi connectivity index (χ1n) is 7.13. The molecule has 112 valence electrons. The van der Waals surface area contributed by atoms with Crippen LogP contribution in [0.15, 0.2) is 24.4 Å². The van der Waals surface area contributed by atoms with E-state index in [1.807, 2.05) is 32.9 Å². The molecule has 0 amide bonds. The van der Waals surface area contributed by atoms with E-state index in [2.05, 4.69) is 15.3 Å². The smallest absolute Gasteiger partial charge is 0.224 e. The maximum atomic E-state index is 13.4. The number of aromatic nitrogens is 2. The fourth-order valence-electron chi connectivity index (χ4n) is 1.99. The van der Waals surface area contributed by atoms with E-state index in [4.69, 9.17) is 4.74 Å². The Morgan fingerprint density at radius 2 is 2.10 bits per heavy atom. The van der Waals surface area contributed by atoms with Crippen molar-refractivity contribution in [2.45, 2.75) is 33.7 Å². The van der Waals surface area contributed by atoms with Crippen LogP contribution in [0.3, 0.4) is 0 Å².